The van der Waals surface area contributed by atoms with E-state index in [2.05, 4.69) is 33.0 Å². The Morgan fingerprint density at radius 2 is 1.88 bits per heavy atom. The molecule has 0 saturated carbocycles. The van der Waals surface area contributed by atoms with E-state index in [-0.39, 0.29) is 5.97 Å². The Morgan fingerprint density at radius 1 is 1.12 bits per heavy atom. The molecular formula is C20H24BrNO3. The van der Waals surface area contributed by atoms with Gasteiger partial charge in [-0.1, -0.05) is 46.3 Å². The summed E-state index contributed by atoms with van der Waals surface area (Å²) in [6.07, 6.45) is 0.377. The second kappa shape index (κ2) is 10.2. The summed E-state index contributed by atoms with van der Waals surface area (Å²) in [5.74, 6) is 0.661. The molecule has 0 amide bonds. The predicted molar refractivity (Wildman–Crippen MR) is 103 cm³/mol. The van der Waals surface area contributed by atoms with Gasteiger partial charge < -0.3 is 9.47 Å². The van der Waals surface area contributed by atoms with E-state index in [1.165, 1.54) is 5.56 Å². The van der Waals surface area contributed by atoms with Crippen LogP contribution in [0.25, 0.3) is 0 Å². The molecule has 0 atom stereocenters. The number of methoxy groups -OCH3 is 1. The van der Waals surface area contributed by atoms with Gasteiger partial charge in [0.05, 0.1) is 20.1 Å². The Hall–Kier alpha value is -1.85. The summed E-state index contributed by atoms with van der Waals surface area (Å²) in [4.78, 5) is 14.0. The van der Waals surface area contributed by atoms with Crippen LogP contribution in [0.15, 0.2) is 53.0 Å². The molecule has 5 heteroatoms. The van der Waals surface area contributed by atoms with Crippen LogP contribution in [-0.2, 0) is 22.6 Å². The maximum absolute atomic E-state index is 11.7. The van der Waals surface area contributed by atoms with Crippen molar-refractivity contribution in [2.24, 2.45) is 0 Å². The average molecular weight is 406 g/mol. The molecule has 0 heterocycles. The number of nitrogens with zero attached hydrogens (tertiary/aromatic N) is 1. The third kappa shape index (κ3) is 6.52. The van der Waals surface area contributed by atoms with Crippen LogP contribution in [-0.4, -0.2) is 31.1 Å². The lowest BCUT2D eigenvalue weighted by Gasteiger charge is -2.23. The van der Waals surface area contributed by atoms with E-state index >= 15 is 0 Å². The van der Waals surface area contributed by atoms with Gasteiger partial charge in [-0.3, -0.25) is 9.69 Å². The van der Waals surface area contributed by atoms with Crippen molar-refractivity contribution >= 4 is 21.9 Å². The smallest absolute Gasteiger partial charge is 0.307 e. The van der Waals surface area contributed by atoms with Crippen molar-refractivity contribution < 1.29 is 14.3 Å². The molecule has 0 bridgehead atoms. The molecule has 0 unspecified atom stereocenters. The monoisotopic (exact) mass is 405 g/mol. The largest absolute Gasteiger partial charge is 0.497 e. The minimum Gasteiger partial charge on any atom is -0.497 e. The maximum atomic E-state index is 11.7. The Balaban J connectivity index is 2.11. The van der Waals surface area contributed by atoms with Crippen molar-refractivity contribution in [2.75, 3.05) is 20.3 Å². The van der Waals surface area contributed by atoms with Crippen molar-refractivity contribution in [3.8, 4) is 5.75 Å². The number of carbonyl (C=O) groups is 1. The van der Waals surface area contributed by atoms with Crippen molar-refractivity contribution in [2.45, 2.75) is 26.4 Å². The molecule has 0 aromatic heterocycles. The Bertz CT molecular complexity index is 676. The van der Waals surface area contributed by atoms with Gasteiger partial charge in [0.1, 0.15) is 5.75 Å². The van der Waals surface area contributed by atoms with Gasteiger partial charge in [-0.05, 0) is 36.2 Å². The van der Waals surface area contributed by atoms with Gasteiger partial charge in [-0.25, -0.2) is 0 Å². The first kappa shape index (κ1) is 19.5. The second-order valence-electron chi connectivity index (χ2n) is 5.71. The Morgan fingerprint density at radius 3 is 2.56 bits per heavy atom. The van der Waals surface area contributed by atoms with Crippen LogP contribution in [0.1, 0.15) is 24.5 Å². The molecule has 2 rings (SSSR count). The number of benzene rings is 2. The number of ether oxygens (including phenoxy) is 2. The first-order valence-electron chi connectivity index (χ1n) is 8.36. The number of carbonyl (C=O) groups excluding carboxylic acids is 1. The highest BCUT2D eigenvalue weighted by molar-refractivity contribution is 9.10. The fraction of sp³-hybridized carbons (Fsp3) is 0.350. The minimum atomic E-state index is -0.162. The van der Waals surface area contributed by atoms with Gasteiger partial charge in [0, 0.05) is 24.1 Å². The molecule has 0 aliphatic heterocycles. The average Bonchev–Trinajstić information content (AvgIpc) is 2.62. The molecule has 2 aromatic rings. The van der Waals surface area contributed by atoms with Crippen LogP contribution in [0.3, 0.4) is 0 Å². The van der Waals surface area contributed by atoms with Crippen LogP contribution in [0.5, 0.6) is 5.75 Å². The fourth-order valence-electron chi connectivity index (χ4n) is 2.58. The van der Waals surface area contributed by atoms with E-state index in [1.807, 2.05) is 43.3 Å². The summed E-state index contributed by atoms with van der Waals surface area (Å²) in [6, 6.07) is 16.2. The molecule has 0 radical (unpaired) electrons. The highest BCUT2D eigenvalue weighted by Crippen LogP contribution is 2.24. The topological polar surface area (TPSA) is 38.8 Å². The van der Waals surface area contributed by atoms with Crippen molar-refractivity contribution in [3.05, 3.63) is 64.1 Å². The summed E-state index contributed by atoms with van der Waals surface area (Å²) < 4.78 is 11.4. The minimum absolute atomic E-state index is 0.162. The van der Waals surface area contributed by atoms with Crippen LogP contribution in [0, 0.1) is 0 Å². The summed E-state index contributed by atoms with van der Waals surface area (Å²) in [7, 11) is 1.66. The first-order valence-corrected chi connectivity index (χ1v) is 9.16. The van der Waals surface area contributed by atoms with Gasteiger partial charge in [0.15, 0.2) is 0 Å². The maximum Gasteiger partial charge on any atom is 0.307 e. The van der Waals surface area contributed by atoms with E-state index in [0.717, 1.165) is 22.3 Å². The van der Waals surface area contributed by atoms with E-state index in [9.17, 15) is 4.79 Å². The Labute approximate surface area is 157 Å². The predicted octanol–water partition coefficient (Wildman–Crippen LogP) is 4.41. The zero-order valence-corrected chi connectivity index (χ0v) is 16.3. The summed E-state index contributed by atoms with van der Waals surface area (Å²) in [5, 5.41) is 0. The van der Waals surface area contributed by atoms with Crippen molar-refractivity contribution in [1.29, 1.82) is 0 Å². The fourth-order valence-corrected chi connectivity index (χ4v) is 2.95. The Kier molecular flexibility index (Phi) is 7.95. The molecule has 0 saturated heterocycles. The van der Waals surface area contributed by atoms with Crippen LogP contribution >= 0.6 is 15.9 Å². The molecule has 0 aliphatic rings. The number of halogens is 1. The summed E-state index contributed by atoms with van der Waals surface area (Å²) in [6.45, 7) is 4.36. The molecule has 0 aliphatic carbocycles. The molecule has 0 fully saturated rings. The van der Waals surface area contributed by atoms with E-state index in [1.54, 1.807) is 7.11 Å². The quantitative estimate of drug-likeness (QED) is 0.579. The van der Waals surface area contributed by atoms with Gasteiger partial charge in [-0.15, -0.1) is 0 Å². The van der Waals surface area contributed by atoms with Gasteiger partial charge in [0.25, 0.3) is 0 Å². The highest BCUT2D eigenvalue weighted by Gasteiger charge is 2.13. The summed E-state index contributed by atoms with van der Waals surface area (Å²) in [5.41, 5.74) is 2.34. The van der Waals surface area contributed by atoms with E-state index < -0.39 is 0 Å². The normalized spacial score (nSPS) is 10.7. The molecule has 0 spiro atoms. The second-order valence-corrected chi connectivity index (χ2v) is 6.56. The molecule has 2 aromatic carbocycles. The number of rotatable bonds is 9. The zero-order chi connectivity index (χ0) is 18.1. The van der Waals surface area contributed by atoms with Crippen molar-refractivity contribution in [1.82, 2.24) is 4.90 Å². The molecule has 25 heavy (non-hydrogen) atoms. The van der Waals surface area contributed by atoms with Gasteiger partial charge in [-0.2, -0.15) is 0 Å². The molecule has 0 N–H and O–H groups in total. The number of hydrogen-bond acceptors (Lipinski definition) is 4. The molecule has 134 valence electrons. The summed E-state index contributed by atoms with van der Waals surface area (Å²) >= 11 is 3.60. The lowest BCUT2D eigenvalue weighted by Crippen LogP contribution is -2.26. The van der Waals surface area contributed by atoms with Gasteiger partial charge >= 0.3 is 5.97 Å². The lowest BCUT2D eigenvalue weighted by molar-refractivity contribution is -0.143. The van der Waals surface area contributed by atoms with Crippen LogP contribution < -0.4 is 4.74 Å². The van der Waals surface area contributed by atoms with E-state index in [4.69, 9.17) is 9.47 Å². The first-order chi connectivity index (χ1) is 12.1. The molecular weight excluding hydrogens is 382 g/mol. The number of hydrogen-bond donors (Lipinski definition) is 0. The highest BCUT2D eigenvalue weighted by atomic mass is 79.9. The molecule has 4 nitrogen and oxygen atoms in total. The lowest BCUT2D eigenvalue weighted by atomic mass is 10.1. The standard InChI is InChI=1S/C20H24BrNO3/c1-3-25-20(23)11-12-22(14-16-7-5-4-6-8-16)15-17-13-18(24-2)9-10-19(17)21/h4-10,13H,3,11-12,14-15H2,1-2H3. The van der Waals surface area contributed by atoms with E-state index in [0.29, 0.717) is 26.1 Å². The SMILES string of the molecule is CCOC(=O)CCN(Cc1ccccc1)Cc1cc(OC)ccc1Br. The van der Waals surface area contributed by atoms with Gasteiger partial charge in [0.2, 0.25) is 0 Å². The van der Waals surface area contributed by atoms with Crippen molar-refractivity contribution in [3.63, 3.8) is 0 Å². The zero-order valence-electron chi connectivity index (χ0n) is 14.7. The van der Waals surface area contributed by atoms with Crippen LogP contribution in [0.2, 0.25) is 0 Å². The van der Waals surface area contributed by atoms with Crippen LogP contribution in [0.4, 0.5) is 0 Å². The third-order valence-electron chi connectivity index (χ3n) is 3.83. The third-order valence-corrected chi connectivity index (χ3v) is 4.61. The number of esters is 1.